The first-order valence-corrected chi connectivity index (χ1v) is 33.6. The number of esters is 3. The lowest BCUT2D eigenvalue weighted by molar-refractivity contribution is -0.145. The van der Waals surface area contributed by atoms with Crippen LogP contribution in [0.1, 0.15) is 54.2 Å². The summed E-state index contributed by atoms with van der Waals surface area (Å²) in [6, 6.07) is 99.0. The highest BCUT2D eigenvalue weighted by Gasteiger charge is 2.18. The molecule has 0 N–H and O–H groups in total. The van der Waals surface area contributed by atoms with Crippen LogP contribution in [0.25, 0.3) is 0 Å². The number of ether oxygens (including phenoxy) is 5. The van der Waals surface area contributed by atoms with Gasteiger partial charge in [-0.25, -0.2) is 14.4 Å². The Labute approximate surface area is 594 Å². The molecule has 0 spiro atoms. The van der Waals surface area contributed by atoms with Crippen LogP contribution in [0.4, 0.5) is 51.2 Å². The summed E-state index contributed by atoms with van der Waals surface area (Å²) in [5, 5.41) is 0. The Balaban J connectivity index is 0.000000178. The van der Waals surface area contributed by atoms with Crippen LogP contribution in [0, 0.1) is 13.8 Å². The molecule has 12 nitrogen and oxygen atoms in total. The Hall–Kier alpha value is -12.3. The van der Waals surface area contributed by atoms with Crippen LogP contribution in [-0.2, 0) is 54.3 Å². The van der Waals surface area contributed by atoms with Gasteiger partial charge >= 0.3 is 17.9 Å². The normalized spacial score (nSPS) is 11.1. The van der Waals surface area contributed by atoms with E-state index in [-0.39, 0.29) is 12.2 Å². The third-order valence-corrected chi connectivity index (χ3v) is 16.1. The quantitative estimate of drug-likeness (QED) is 0.0201. The lowest BCUT2D eigenvalue weighted by Crippen LogP contribution is -2.22. The molecule has 510 valence electrons. The predicted octanol–water partition coefficient (Wildman–Crippen LogP) is 20.7. The number of nitrogens with zero attached hydrogens (tertiary/aromatic N) is 3. The number of carbonyl (C=O) groups excluding carboxylic acids is 4. The van der Waals surface area contributed by atoms with Crippen molar-refractivity contribution in [3.63, 3.8) is 0 Å². The van der Waals surface area contributed by atoms with Crippen molar-refractivity contribution in [3.8, 4) is 17.2 Å². The molecule has 0 aliphatic rings. The molecule has 0 aromatic heterocycles. The van der Waals surface area contributed by atoms with Crippen molar-refractivity contribution in [1.82, 2.24) is 0 Å². The van der Waals surface area contributed by atoms with Gasteiger partial charge < -0.3 is 38.4 Å². The predicted molar refractivity (Wildman–Crippen MR) is 408 cm³/mol. The van der Waals surface area contributed by atoms with Gasteiger partial charge in [0.15, 0.2) is 0 Å². The van der Waals surface area contributed by atoms with Crippen molar-refractivity contribution >= 4 is 74.9 Å². The van der Waals surface area contributed by atoms with Crippen LogP contribution >= 0.6 is 0 Å². The second kappa shape index (κ2) is 37.5. The average molecular weight is 1340 g/mol. The van der Waals surface area contributed by atoms with Crippen molar-refractivity contribution in [3.05, 3.63) is 362 Å². The zero-order valence-corrected chi connectivity index (χ0v) is 57.9. The SMILES string of the molecule is C=C(C)C(=O)OC(C)COc1ccc(CCc2ccc(N(c3ccccc3)c3ccccc3)cc2)cc1.C=CC(=O)C(=O)Oc1ccc(N(c2ccc(C)cc2)c2ccc(C)cc2)cc1.C=CC(=O)OC(C)COc1ccc(CCc2ccc(N(c3ccccc3)c3ccccc3)cc2)cc1. The van der Waals surface area contributed by atoms with Gasteiger partial charge in [-0.3, -0.25) is 4.79 Å². The zero-order valence-electron chi connectivity index (χ0n) is 57.9. The monoisotopic (exact) mass is 1340 g/mol. The first-order chi connectivity index (χ1) is 49.1. The fraction of sp³-hybridized carbons (Fsp3) is 0.146. The van der Waals surface area contributed by atoms with Gasteiger partial charge in [0.05, 0.1) is 0 Å². The largest absolute Gasteiger partial charge is 0.490 e. The fourth-order valence-electron chi connectivity index (χ4n) is 10.7. The number of aryl methyl sites for hydroxylation is 6. The van der Waals surface area contributed by atoms with Gasteiger partial charge in [0, 0.05) is 62.8 Å². The molecule has 0 amide bonds. The molecule has 11 aromatic carbocycles. The molecule has 101 heavy (non-hydrogen) atoms. The van der Waals surface area contributed by atoms with Crippen LogP contribution in [0.3, 0.4) is 0 Å². The van der Waals surface area contributed by atoms with Gasteiger partial charge in [-0.1, -0.05) is 176 Å². The maximum atomic E-state index is 11.6. The summed E-state index contributed by atoms with van der Waals surface area (Å²) >= 11 is 0. The van der Waals surface area contributed by atoms with Gasteiger partial charge in [-0.2, -0.15) is 0 Å². The highest BCUT2D eigenvalue weighted by atomic mass is 16.6. The summed E-state index contributed by atoms with van der Waals surface area (Å²) in [7, 11) is 0. The van der Waals surface area contributed by atoms with Crippen molar-refractivity contribution in [2.75, 3.05) is 27.9 Å². The van der Waals surface area contributed by atoms with Crippen LogP contribution in [0.5, 0.6) is 17.2 Å². The minimum absolute atomic E-state index is 0.299. The lowest BCUT2D eigenvalue weighted by Gasteiger charge is -2.25. The molecule has 0 fully saturated rings. The molecular formula is C89H85N3O9. The second-order valence-electron chi connectivity index (χ2n) is 24.2. The van der Waals surface area contributed by atoms with E-state index in [2.05, 4.69) is 253 Å². The van der Waals surface area contributed by atoms with E-state index in [4.69, 9.17) is 23.7 Å². The van der Waals surface area contributed by atoms with E-state index in [1.165, 1.54) is 33.4 Å². The maximum absolute atomic E-state index is 11.6. The van der Waals surface area contributed by atoms with Crippen LogP contribution in [0.15, 0.2) is 329 Å². The Morgan fingerprint density at radius 3 is 0.911 bits per heavy atom. The zero-order chi connectivity index (χ0) is 71.3. The standard InChI is InChI=1S/C33H33NO3.C32H31NO3.C24H21NO3/c1-25(2)33(35)37-26(3)24-36-32-22-18-28(19-23-32)15-14-27-16-20-31(21-17-27)34(29-10-6-4-7-11-29)30-12-8-5-9-13-30;1-3-32(34)36-25(2)24-35-31-22-18-27(19-23-31)15-14-26-16-20-30(21-17-26)33(28-10-6-4-7-11-28)29-12-8-5-9-13-29;1-4-23(26)24(27)28-22-15-13-21(14-16-22)25(19-9-5-17(2)6-10-19)20-11-7-18(3)8-12-20/h4-13,16-23,26H,1,14-15,24H2,2-3H3;3-13,16-23,25H,1,14-15,24H2,2H3;4-16H,1H2,2-3H3. The number of ketones is 1. The molecule has 0 radical (unpaired) electrons. The summed E-state index contributed by atoms with van der Waals surface area (Å²) in [4.78, 5) is 52.4. The molecule has 0 aliphatic heterocycles. The summed E-state index contributed by atoms with van der Waals surface area (Å²) < 4.78 is 26.9. The average Bonchev–Trinajstić information content (AvgIpc) is 0.824. The third kappa shape index (κ3) is 22.4. The number of rotatable bonds is 28. The highest BCUT2D eigenvalue weighted by molar-refractivity contribution is 6.38. The van der Waals surface area contributed by atoms with E-state index in [0.717, 1.165) is 101 Å². The first kappa shape index (κ1) is 73.0. The number of benzene rings is 11. The van der Waals surface area contributed by atoms with Gasteiger partial charge in [-0.15, -0.1) is 0 Å². The molecule has 11 rings (SSSR count). The van der Waals surface area contributed by atoms with E-state index >= 15 is 0 Å². The van der Waals surface area contributed by atoms with E-state index in [9.17, 15) is 19.2 Å². The van der Waals surface area contributed by atoms with Crippen LogP contribution < -0.4 is 28.9 Å². The second-order valence-corrected chi connectivity index (χ2v) is 24.2. The fourth-order valence-corrected chi connectivity index (χ4v) is 10.7. The number of hydrogen-bond donors (Lipinski definition) is 0. The molecule has 0 aliphatic carbocycles. The molecule has 0 heterocycles. The summed E-state index contributed by atoms with van der Waals surface area (Å²) in [6.07, 6.45) is 5.19. The molecule has 12 heteroatoms. The summed E-state index contributed by atoms with van der Waals surface area (Å²) in [5.41, 5.74) is 17.5. The Bertz CT molecular complexity index is 4300. The van der Waals surface area contributed by atoms with E-state index in [1.807, 2.05) is 74.5 Å². The molecule has 0 saturated carbocycles. The first-order valence-electron chi connectivity index (χ1n) is 33.6. The molecule has 2 atom stereocenters. The van der Waals surface area contributed by atoms with Gasteiger partial charge in [0.2, 0.25) is 0 Å². The third-order valence-electron chi connectivity index (χ3n) is 16.1. The van der Waals surface area contributed by atoms with Crippen LogP contribution in [-0.4, -0.2) is 49.1 Å². The highest BCUT2D eigenvalue weighted by Crippen LogP contribution is 2.38. The van der Waals surface area contributed by atoms with Gasteiger partial charge in [0.25, 0.3) is 5.78 Å². The minimum Gasteiger partial charge on any atom is -0.490 e. The number of para-hydroxylation sites is 4. The van der Waals surface area contributed by atoms with Crippen molar-refractivity contribution in [1.29, 1.82) is 0 Å². The molecular weight excluding hydrogens is 1250 g/mol. The van der Waals surface area contributed by atoms with E-state index < -0.39 is 23.7 Å². The maximum Gasteiger partial charge on any atom is 0.384 e. The lowest BCUT2D eigenvalue weighted by atomic mass is 10.0. The number of anilines is 9. The number of carbonyl (C=O) groups is 4. The van der Waals surface area contributed by atoms with Gasteiger partial charge in [-0.05, 0) is 234 Å². The molecule has 11 aromatic rings. The van der Waals surface area contributed by atoms with E-state index in [0.29, 0.717) is 24.5 Å². The van der Waals surface area contributed by atoms with Crippen molar-refractivity contribution < 1.29 is 42.9 Å². The smallest absolute Gasteiger partial charge is 0.384 e. The van der Waals surface area contributed by atoms with Crippen molar-refractivity contribution in [2.45, 2.75) is 72.5 Å². The molecule has 0 bridgehead atoms. The molecule has 2 unspecified atom stereocenters. The summed E-state index contributed by atoms with van der Waals surface area (Å²) in [5.74, 6) is -0.743. The minimum atomic E-state index is -0.948. The summed E-state index contributed by atoms with van der Waals surface area (Å²) in [6.45, 7) is 20.2. The molecule has 0 saturated heterocycles. The Kier molecular flexibility index (Phi) is 27.1. The Morgan fingerprint density at radius 1 is 0.347 bits per heavy atom. The topological polar surface area (TPSA) is 124 Å². The van der Waals surface area contributed by atoms with Crippen LogP contribution in [0.2, 0.25) is 0 Å². The van der Waals surface area contributed by atoms with Crippen molar-refractivity contribution in [2.24, 2.45) is 0 Å². The van der Waals surface area contributed by atoms with Gasteiger partial charge in [0.1, 0.15) is 42.7 Å². The number of hydrogen-bond acceptors (Lipinski definition) is 12. The Morgan fingerprint density at radius 2 is 0.614 bits per heavy atom. The van der Waals surface area contributed by atoms with E-state index in [1.54, 1.807) is 32.9 Å².